The lowest BCUT2D eigenvalue weighted by Crippen LogP contribution is -2.39. The number of benzene rings is 1. The zero-order valence-corrected chi connectivity index (χ0v) is 12.0. The lowest BCUT2D eigenvalue weighted by Gasteiger charge is -2.32. The van der Waals surface area contributed by atoms with Crippen molar-refractivity contribution >= 4 is 6.08 Å². The highest BCUT2D eigenvalue weighted by molar-refractivity contribution is 5.57. The van der Waals surface area contributed by atoms with Crippen LogP contribution in [-0.4, -0.2) is 35.5 Å². The number of ether oxygens (including phenoxy) is 1. The van der Waals surface area contributed by atoms with Gasteiger partial charge in [0.2, 0.25) is 0 Å². The smallest absolute Gasteiger partial charge is 0.196 e. The molecule has 0 fully saturated rings. The molecule has 2 atom stereocenters. The molecule has 0 radical (unpaired) electrons. The Bertz CT molecular complexity index is 473. The van der Waals surface area contributed by atoms with Gasteiger partial charge in [0, 0.05) is 24.6 Å². The van der Waals surface area contributed by atoms with E-state index in [9.17, 15) is 10.2 Å². The predicted octanol–water partition coefficient (Wildman–Crippen LogP) is 1.62. The summed E-state index contributed by atoms with van der Waals surface area (Å²) in [6, 6.07) is 7.92. The van der Waals surface area contributed by atoms with Crippen LogP contribution >= 0.6 is 0 Å². The van der Waals surface area contributed by atoms with Gasteiger partial charge in [0.25, 0.3) is 0 Å². The van der Waals surface area contributed by atoms with Crippen LogP contribution in [-0.2, 0) is 10.5 Å². The third-order valence-electron chi connectivity index (χ3n) is 3.35. The maximum absolute atomic E-state index is 10.6. The number of fused-ring (bicyclic) bond motifs is 1. The first-order chi connectivity index (χ1) is 9.51. The first-order valence-corrected chi connectivity index (χ1v) is 7.05. The van der Waals surface area contributed by atoms with Gasteiger partial charge < -0.3 is 20.3 Å². The first-order valence-electron chi connectivity index (χ1n) is 7.05. The van der Waals surface area contributed by atoms with Crippen LogP contribution in [0.2, 0.25) is 0 Å². The van der Waals surface area contributed by atoms with Crippen LogP contribution in [0.4, 0.5) is 0 Å². The normalized spacial score (nSPS) is 22.9. The van der Waals surface area contributed by atoms with Gasteiger partial charge >= 0.3 is 0 Å². The molecule has 2 unspecified atom stereocenters. The van der Waals surface area contributed by atoms with Gasteiger partial charge in [-0.2, -0.15) is 0 Å². The second-order valence-corrected chi connectivity index (χ2v) is 5.51. The summed E-state index contributed by atoms with van der Waals surface area (Å²) in [5.41, 5.74) is 1.71. The van der Waals surface area contributed by atoms with Crippen molar-refractivity contribution in [1.82, 2.24) is 5.32 Å². The number of hydrogen-bond donors (Lipinski definition) is 3. The predicted molar refractivity (Wildman–Crippen MR) is 79.1 cm³/mol. The largest absolute Gasteiger partial charge is 0.389 e. The lowest BCUT2D eigenvalue weighted by molar-refractivity contribution is -0.222. The number of aliphatic hydroxyl groups excluding tert-OH is 1. The van der Waals surface area contributed by atoms with E-state index >= 15 is 0 Å². The summed E-state index contributed by atoms with van der Waals surface area (Å²) in [7, 11) is 0. The van der Waals surface area contributed by atoms with Crippen LogP contribution in [0.3, 0.4) is 0 Å². The van der Waals surface area contributed by atoms with E-state index in [0.29, 0.717) is 19.0 Å². The number of hydrogen-bond acceptors (Lipinski definition) is 4. The van der Waals surface area contributed by atoms with Gasteiger partial charge in [-0.1, -0.05) is 50.3 Å². The zero-order valence-electron chi connectivity index (χ0n) is 12.0. The van der Waals surface area contributed by atoms with E-state index in [1.54, 1.807) is 0 Å². The molecule has 20 heavy (non-hydrogen) atoms. The summed E-state index contributed by atoms with van der Waals surface area (Å²) >= 11 is 0. The van der Waals surface area contributed by atoms with Gasteiger partial charge in [-0.15, -0.1) is 0 Å². The van der Waals surface area contributed by atoms with Crippen molar-refractivity contribution in [3.63, 3.8) is 0 Å². The SMILES string of the molecule is CC(C)NCC(O)COC1(O)CC=Cc2ccccc21. The molecular weight excluding hydrogens is 254 g/mol. The van der Waals surface area contributed by atoms with E-state index in [2.05, 4.69) is 5.32 Å². The summed E-state index contributed by atoms with van der Waals surface area (Å²) in [4.78, 5) is 0. The molecule has 0 spiro atoms. The van der Waals surface area contributed by atoms with E-state index in [0.717, 1.165) is 11.1 Å². The fourth-order valence-corrected chi connectivity index (χ4v) is 2.26. The van der Waals surface area contributed by atoms with Gasteiger partial charge in [-0.3, -0.25) is 0 Å². The van der Waals surface area contributed by atoms with Crippen LogP contribution in [0.25, 0.3) is 6.08 Å². The Balaban J connectivity index is 1.97. The van der Waals surface area contributed by atoms with E-state index < -0.39 is 11.9 Å². The molecule has 110 valence electrons. The van der Waals surface area contributed by atoms with Gasteiger partial charge in [0.05, 0.1) is 12.7 Å². The van der Waals surface area contributed by atoms with Crippen LogP contribution in [0.1, 0.15) is 31.4 Å². The molecule has 2 rings (SSSR count). The van der Waals surface area contributed by atoms with Crippen molar-refractivity contribution in [3.05, 3.63) is 41.5 Å². The van der Waals surface area contributed by atoms with Crippen molar-refractivity contribution in [3.8, 4) is 0 Å². The Hall–Kier alpha value is -1.20. The van der Waals surface area contributed by atoms with Crippen LogP contribution in [0, 0.1) is 0 Å². The summed E-state index contributed by atoms with van der Waals surface area (Å²) < 4.78 is 5.61. The van der Waals surface area contributed by atoms with Crippen molar-refractivity contribution in [2.75, 3.05) is 13.2 Å². The molecule has 0 bridgehead atoms. The third-order valence-corrected chi connectivity index (χ3v) is 3.35. The maximum Gasteiger partial charge on any atom is 0.196 e. The minimum Gasteiger partial charge on any atom is -0.389 e. The number of aliphatic hydroxyl groups is 2. The van der Waals surface area contributed by atoms with E-state index in [4.69, 9.17) is 4.74 Å². The molecule has 1 aromatic rings. The molecule has 0 aromatic heterocycles. The maximum atomic E-state index is 10.6. The number of nitrogens with one attached hydrogen (secondary N) is 1. The van der Waals surface area contributed by atoms with Gasteiger partial charge in [-0.25, -0.2) is 0 Å². The van der Waals surface area contributed by atoms with E-state index in [1.165, 1.54) is 0 Å². The van der Waals surface area contributed by atoms with Gasteiger partial charge in [-0.05, 0) is 5.56 Å². The Labute approximate surface area is 120 Å². The third kappa shape index (κ3) is 3.67. The first kappa shape index (κ1) is 15.2. The van der Waals surface area contributed by atoms with Crippen LogP contribution in [0.5, 0.6) is 0 Å². The molecule has 0 saturated carbocycles. The Morgan fingerprint density at radius 3 is 2.85 bits per heavy atom. The molecular formula is C16H23NO3. The highest BCUT2D eigenvalue weighted by Crippen LogP contribution is 2.34. The molecule has 4 nitrogen and oxygen atoms in total. The minimum absolute atomic E-state index is 0.0956. The summed E-state index contributed by atoms with van der Waals surface area (Å²) in [5, 5.41) is 23.7. The van der Waals surface area contributed by atoms with Crippen molar-refractivity contribution in [2.24, 2.45) is 0 Å². The second kappa shape index (κ2) is 6.50. The number of rotatable bonds is 6. The van der Waals surface area contributed by atoms with Crippen LogP contribution in [0.15, 0.2) is 30.3 Å². The molecule has 1 aliphatic rings. The van der Waals surface area contributed by atoms with E-state index in [-0.39, 0.29) is 6.61 Å². The average Bonchev–Trinajstić information content (AvgIpc) is 2.44. The molecule has 0 aliphatic heterocycles. The van der Waals surface area contributed by atoms with Crippen molar-refractivity contribution in [1.29, 1.82) is 0 Å². The molecule has 0 amide bonds. The Kier molecular flexibility index (Phi) is 4.94. The Morgan fingerprint density at radius 1 is 1.35 bits per heavy atom. The molecule has 0 heterocycles. The molecule has 4 heteroatoms. The van der Waals surface area contributed by atoms with Crippen LogP contribution < -0.4 is 5.32 Å². The summed E-state index contributed by atoms with van der Waals surface area (Å²) in [6.07, 6.45) is 3.62. The molecule has 3 N–H and O–H groups in total. The highest BCUT2D eigenvalue weighted by atomic mass is 16.6. The lowest BCUT2D eigenvalue weighted by atomic mass is 9.92. The second-order valence-electron chi connectivity index (χ2n) is 5.51. The fraction of sp³-hybridized carbons (Fsp3) is 0.500. The standard InChI is InChI=1S/C16H23NO3/c1-12(2)17-10-14(18)11-20-16(19)9-5-7-13-6-3-4-8-15(13)16/h3-8,12,14,17-19H,9-11H2,1-2H3. The van der Waals surface area contributed by atoms with Gasteiger partial charge in [0.15, 0.2) is 5.79 Å². The fourth-order valence-electron chi connectivity index (χ4n) is 2.26. The topological polar surface area (TPSA) is 61.7 Å². The average molecular weight is 277 g/mol. The Morgan fingerprint density at radius 2 is 2.10 bits per heavy atom. The minimum atomic E-state index is -1.34. The molecule has 1 aliphatic carbocycles. The summed E-state index contributed by atoms with van der Waals surface area (Å²) in [5.74, 6) is -1.34. The zero-order chi connectivity index (χ0) is 14.6. The van der Waals surface area contributed by atoms with E-state index in [1.807, 2.05) is 50.3 Å². The quantitative estimate of drug-likeness (QED) is 0.692. The molecule has 1 aromatic carbocycles. The molecule has 0 saturated heterocycles. The monoisotopic (exact) mass is 277 g/mol. The highest BCUT2D eigenvalue weighted by Gasteiger charge is 2.33. The van der Waals surface area contributed by atoms with Gasteiger partial charge in [0.1, 0.15) is 0 Å². The summed E-state index contributed by atoms with van der Waals surface area (Å²) in [6.45, 7) is 4.58. The van der Waals surface area contributed by atoms with Crippen molar-refractivity contribution in [2.45, 2.75) is 38.2 Å². The van der Waals surface area contributed by atoms with Crippen molar-refractivity contribution < 1.29 is 14.9 Å².